The van der Waals surface area contributed by atoms with Crippen LogP contribution in [0.5, 0.6) is 0 Å². The van der Waals surface area contributed by atoms with Crippen LogP contribution in [0, 0.1) is 16.0 Å². The fourth-order valence-electron chi connectivity index (χ4n) is 2.60. The molecular formula is C13H14ClF3N2O3. The van der Waals surface area contributed by atoms with Gasteiger partial charge in [-0.1, -0.05) is 11.6 Å². The minimum atomic E-state index is -4.75. The third-order valence-electron chi connectivity index (χ3n) is 3.68. The van der Waals surface area contributed by atoms with Crippen LogP contribution in [0.4, 0.5) is 24.5 Å². The number of nitrogens with zero attached hydrogens (tertiary/aromatic N) is 2. The summed E-state index contributed by atoms with van der Waals surface area (Å²) >= 11 is 5.66. The lowest BCUT2D eigenvalue weighted by Crippen LogP contribution is -2.37. The summed E-state index contributed by atoms with van der Waals surface area (Å²) < 4.78 is 38.5. The van der Waals surface area contributed by atoms with Gasteiger partial charge >= 0.3 is 6.18 Å². The summed E-state index contributed by atoms with van der Waals surface area (Å²) in [5.74, 6) is -0.0607. The lowest BCUT2D eigenvalue weighted by Gasteiger charge is -2.33. The maximum Gasteiger partial charge on any atom is 0.418 e. The lowest BCUT2D eigenvalue weighted by atomic mass is 9.98. The monoisotopic (exact) mass is 338 g/mol. The standard InChI is InChI=1S/C13H14ClF3N2O3/c14-10-5-11(18-3-1-2-8(6-18)7-20)12(19(21)22)4-9(10)13(15,16)17/h4-5,8,20H,1-3,6-7H2/t8-/m0/s1. The van der Waals surface area contributed by atoms with Crippen molar-refractivity contribution in [3.8, 4) is 0 Å². The lowest BCUT2D eigenvalue weighted by molar-refractivity contribution is -0.384. The Morgan fingerprint density at radius 2 is 2.14 bits per heavy atom. The van der Waals surface area contributed by atoms with Crippen LogP contribution >= 0.6 is 11.6 Å². The molecule has 1 saturated heterocycles. The topological polar surface area (TPSA) is 66.6 Å². The Bertz CT molecular complexity index is 580. The van der Waals surface area contributed by atoms with Gasteiger partial charge in [0.1, 0.15) is 5.69 Å². The first kappa shape index (κ1) is 16.8. The Balaban J connectivity index is 2.47. The molecule has 0 aliphatic carbocycles. The molecule has 1 aromatic rings. The molecule has 0 spiro atoms. The van der Waals surface area contributed by atoms with Crippen LogP contribution in [0.1, 0.15) is 18.4 Å². The van der Waals surface area contributed by atoms with Crippen molar-refractivity contribution >= 4 is 23.0 Å². The molecule has 0 aromatic heterocycles. The number of aliphatic hydroxyl groups is 1. The summed E-state index contributed by atoms with van der Waals surface area (Å²) in [4.78, 5) is 11.9. The number of hydrogen-bond acceptors (Lipinski definition) is 4. The maximum absolute atomic E-state index is 12.8. The highest BCUT2D eigenvalue weighted by molar-refractivity contribution is 6.31. The average Bonchev–Trinajstić information content (AvgIpc) is 2.45. The number of aliphatic hydroxyl groups excluding tert-OH is 1. The molecule has 1 atom stereocenters. The molecule has 9 heteroatoms. The van der Waals surface area contributed by atoms with Gasteiger partial charge in [0.2, 0.25) is 0 Å². The van der Waals surface area contributed by atoms with E-state index in [9.17, 15) is 28.4 Å². The molecule has 1 aliphatic heterocycles. The fourth-order valence-corrected chi connectivity index (χ4v) is 2.87. The van der Waals surface area contributed by atoms with Crippen molar-refractivity contribution in [2.75, 3.05) is 24.6 Å². The summed E-state index contributed by atoms with van der Waals surface area (Å²) in [6.45, 7) is 0.747. The van der Waals surface area contributed by atoms with Crippen LogP contribution in [-0.4, -0.2) is 29.7 Å². The molecule has 1 aromatic carbocycles. The van der Waals surface area contributed by atoms with E-state index in [0.717, 1.165) is 12.5 Å². The van der Waals surface area contributed by atoms with E-state index in [-0.39, 0.29) is 18.2 Å². The minimum Gasteiger partial charge on any atom is -0.396 e. The highest BCUT2D eigenvalue weighted by Gasteiger charge is 2.37. The van der Waals surface area contributed by atoms with E-state index < -0.39 is 27.4 Å². The molecular weight excluding hydrogens is 325 g/mol. The van der Waals surface area contributed by atoms with Crippen LogP contribution < -0.4 is 4.90 Å². The molecule has 22 heavy (non-hydrogen) atoms. The van der Waals surface area contributed by atoms with Crippen molar-refractivity contribution in [3.05, 3.63) is 32.8 Å². The molecule has 0 saturated carbocycles. The third-order valence-corrected chi connectivity index (χ3v) is 4.00. The minimum absolute atomic E-state index is 0.0566. The molecule has 0 bridgehead atoms. The van der Waals surface area contributed by atoms with Crippen LogP contribution in [0.3, 0.4) is 0 Å². The van der Waals surface area contributed by atoms with Crippen molar-refractivity contribution in [2.24, 2.45) is 5.92 Å². The second-order valence-electron chi connectivity index (χ2n) is 5.21. The van der Waals surface area contributed by atoms with Gasteiger partial charge in [-0.2, -0.15) is 13.2 Å². The molecule has 2 rings (SSSR count). The molecule has 1 heterocycles. The zero-order chi connectivity index (χ0) is 16.5. The molecule has 0 unspecified atom stereocenters. The van der Waals surface area contributed by atoms with E-state index in [4.69, 9.17) is 11.6 Å². The van der Waals surface area contributed by atoms with Crippen molar-refractivity contribution in [3.63, 3.8) is 0 Å². The Labute approximate surface area is 129 Å². The number of halogens is 4. The van der Waals surface area contributed by atoms with E-state index in [0.29, 0.717) is 25.6 Å². The van der Waals surface area contributed by atoms with Crippen molar-refractivity contribution < 1.29 is 23.2 Å². The second-order valence-corrected chi connectivity index (χ2v) is 5.62. The molecule has 1 aliphatic rings. The number of benzene rings is 1. The van der Waals surface area contributed by atoms with Gasteiger partial charge in [0, 0.05) is 25.8 Å². The zero-order valence-corrected chi connectivity index (χ0v) is 12.2. The van der Waals surface area contributed by atoms with Crippen LogP contribution in [0.25, 0.3) is 0 Å². The predicted molar refractivity (Wildman–Crippen MR) is 75.1 cm³/mol. The van der Waals surface area contributed by atoms with Gasteiger partial charge in [0.05, 0.1) is 15.5 Å². The van der Waals surface area contributed by atoms with Gasteiger partial charge in [-0.3, -0.25) is 10.1 Å². The molecule has 0 amide bonds. The second kappa shape index (κ2) is 6.29. The first-order valence-corrected chi connectivity index (χ1v) is 7.02. The molecule has 5 nitrogen and oxygen atoms in total. The zero-order valence-electron chi connectivity index (χ0n) is 11.4. The van der Waals surface area contributed by atoms with Gasteiger partial charge < -0.3 is 10.0 Å². The fraction of sp³-hybridized carbons (Fsp3) is 0.538. The summed E-state index contributed by atoms with van der Waals surface area (Å²) in [7, 11) is 0. The summed E-state index contributed by atoms with van der Waals surface area (Å²) in [5, 5.41) is 19.8. The first-order chi connectivity index (χ1) is 10.2. The van der Waals surface area contributed by atoms with Crippen LogP contribution in [0.2, 0.25) is 5.02 Å². The van der Waals surface area contributed by atoms with Crippen LogP contribution in [-0.2, 0) is 6.18 Å². The Morgan fingerprint density at radius 1 is 1.45 bits per heavy atom. The van der Waals surface area contributed by atoms with E-state index in [1.807, 2.05) is 0 Å². The van der Waals surface area contributed by atoms with Gasteiger partial charge in [0.15, 0.2) is 0 Å². The molecule has 0 radical (unpaired) electrons. The van der Waals surface area contributed by atoms with E-state index in [1.165, 1.54) is 0 Å². The van der Waals surface area contributed by atoms with Crippen molar-refractivity contribution in [1.82, 2.24) is 0 Å². The number of rotatable bonds is 3. The Kier molecular flexibility index (Phi) is 4.81. The number of anilines is 1. The first-order valence-electron chi connectivity index (χ1n) is 6.65. The third kappa shape index (κ3) is 3.44. The number of nitro groups is 1. The maximum atomic E-state index is 12.8. The quantitative estimate of drug-likeness (QED) is 0.677. The van der Waals surface area contributed by atoms with Gasteiger partial charge in [-0.25, -0.2) is 0 Å². The van der Waals surface area contributed by atoms with E-state index in [1.54, 1.807) is 4.90 Å². The predicted octanol–water partition coefficient (Wildman–Crippen LogP) is 3.48. The molecule has 1 fully saturated rings. The SMILES string of the molecule is O=[N+]([O-])c1cc(C(F)(F)F)c(Cl)cc1N1CCC[C@H](CO)C1. The van der Waals surface area contributed by atoms with E-state index in [2.05, 4.69) is 0 Å². The number of hydrogen-bond donors (Lipinski definition) is 1. The number of nitro benzene ring substituents is 1. The van der Waals surface area contributed by atoms with Gasteiger partial charge in [0.25, 0.3) is 5.69 Å². The van der Waals surface area contributed by atoms with E-state index >= 15 is 0 Å². The highest BCUT2D eigenvalue weighted by atomic mass is 35.5. The number of alkyl halides is 3. The van der Waals surface area contributed by atoms with Gasteiger partial charge in [-0.15, -0.1) is 0 Å². The smallest absolute Gasteiger partial charge is 0.396 e. The van der Waals surface area contributed by atoms with Crippen molar-refractivity contribution in [1.29, 1.82) is 0 Å². The number of piperidine rings is 1. The van der Waals surface area contributed by atoms with Gasteiger partial charge in [-0.05, 0) is 24.8 Å². The molecule has 122 valence electrons. The van der Waals surface area contributed by atoms with Crippen LogP contribution in [0.15, 0.2) is 12.1 Å². The summed E-state index contributed by atoms with van der Waals surface area (Å²) in [5.41, 5.74) is -1.79. The molecule has 1 N–H and O–H groups in total. The summed E-state index contributed by atoms with van der Waals surface area (Å²) in [6, 6.07) is 1.46. The Hall–Kier alpha value is -1.54. The summed E-state index contributed by atoms with van der Waals surface area (Å²) in [6.07, 6.45) is -3.29. The Morgan fingerprint density at radius 3 is 2.68 bits per heavy atom. The average molecular weight is 339 g/mol. The normalized spacial score (nSPS) is 19.3. The van der Waals surface area contributed by atoms with Crippen molar-refractivity contribution in [2.45, 2.75) is 19.0 Å². The highest BCUT2D eigenvalue weighted by Crippen LogP contribution is 2.42. The largest absolute Gasteiger partial charge is 0.418 e.